The maximum absolute atomic E-state index is 9.36. The van der Waals surface area contributed by atoms with E-state index in [1.165, 1.54) is 0 Å². The van der Waals surface area contributed by atoms with Gasteiger partial charge in [0.25, 0.3) is 0 Å². The number of unbranched alkanes of at least 4 members (excludes halogenated alkanes) is 1. The average Bonchev–Trinajstić information content (AvgIpc) is 2.17. The SMILES string of the molecule is CCCCOC(CO)CC(O)CCO. The lowest BCUT2D eigenvalue weighted by molar-refractivity contribution is -0.0219. The lowest BCUT2D eigenvalue weighted by Gasteiger charge is -2.18. The van der Waals surface area contributed by atoms with Gasteiger partial charge in [-0.3, -0.25) is 0 Å². The lowest BCUT2D eigenvalue weighted by Crippen LogP contribution is -2.25. The largest absolute Gasteiger partial charge is 0.396 e. The van der Waals surface area contributed by atoms with Gasteiger partial charge in [-0.2, -0.15) is 0 Å². The van der Waals surface area contributed by atoms with Crippen molar-refractivity contribution >= 4 is 0 Å². The van der Waals surface area contributed by atoms with E-state index in [1.54, 1.807) is 0 Å². The Balaban J connectivity index is 3.55. The summed E-state index contributed by atoms with van der Waals surface area (Å²) in [7, 11) is 0. The normalized spacial score (nSPS) is 15.4. The van der Waals surface area contributed by atoms with Crippen molar-refractivity contribution in [1.29, 1.82) is 0 Å². The molecule has 0 aromatic carbocycles. The van der Waals surface area contributed by atoms with E-state index in [0.29, 0.717) is 19.4 Å². The Kier molecular flexibility index (Phi) is 9.29. The van der Waals surface area contributed by atoms with Crippen LogP contribution in [0.3, 0.4) is 0 Å². The molecule has 86 valence electrons. The van der Waals surface area contributed by atoms with E-state index in [-0.39, 0.29) is 19.3 Å². The van der Waals surface area contributed by atoms with Crippen molar-refractivity contribution < 1.29 is 20.1 Å². The highest BCUT2D eigenvalue weighted by molar-refractivity contribution is 4.64. The van der Waals surface area contributed by atoms with Gasteiger partial charge < -0.3 is 20.1 Å². The molecule has 0 saturated carbocycles. The van der Waals surface area contributed by atoms with Gasteiger partial charge in [0.05, 0.1) is 18.8 Å². The number of aliphatic hydroxyl groups excluding tert-OH is 3. The van der Waals surface area contributed by atoms with Crippen LogP contribution in [0.5, 0.6) is 0 Å². The van der Waals surface area contributed by atoms with Gasteiger partial charge in [-0.15, -0.1) is 0 Å². The molecule has 4 heteroatoms. The second-order valence-corrected chi connectivity index (χ2v) is 3.43. The van der Waals surface area contributed by atoms with Crippen LogP contribution in [0.4, 0.5) is 0 Å². The van der Waals surface area contributed by atoms with Gasteiger partial charge >= 0.3 is 0 Å². The van der Waals surface area contributed by atoms with Crippen molar-refractivity contribution in [3.8, 4) is 0 Å². The van der Waals surface area contributed by atoms with Crippen LogP contribution in [-0.4, -0.2) is 47.3 Å². The highest BCUT2D eigenvalue weighted by atomic mass is 16.5. The smallest absolute Gasteiger partial charge is 0.0830 e. The summed E-state index contributed by atoms with van der Waals surface area (Å²) in [6.45, 7) is 2.58. The molecule has 0 radical (unpaired) electrons. The topological polar surface area (TPSA) is 69.9 Å². The summed E-state index contributed by atoms with van der Waals surface area (Å²) in [6, 6.07) is 0. The molecular formula is C10H22O4. The summed E-state index contributed by atoms with van der Waals surface area (Å²) in [4.78, 5) is 0. The van der Waals surface area contributed by atoms with Crippen molar-refractivity contribution in [3.63, 3.8) is 0 Å². The number of hydrogen-bond acceptors (Lipinski definition) is 4. The van der Waals surface area contributed by atoms with E-state index in [1.807, 2.05) is 0 Å². The first-order valence-corrected chi connectivity index (χ1v) is 5.26. The lowest BCUT2D eigenvalue weighted by atomic mass is 10.1. The Bertz CT molecular complexity index is 119. The molecule has 0 amide bonds. The summed E-state index contributed by atoms with van der Waals surface area (Å²) in [5.74, 6) is 0. The first-order valence-electron chi connectivity index (χ1n) is 5.26. The number of rotatable bonds is 9. The Labute approximate surface area is 85.5 Å². The third-order valence-corrected chi connectivity index (χ3v) is 2.05. The second-order valence-electron chi connectivity index (χ2n) is 3.43. The third-order valence-electron chi connectivity index (χ3n) is 2.05. The van der Waals surface area contributed by atoms with Crippen LogP contribution >= 0.6 is 0 Å². The van der Waals surface area contributed by atoms with E-state index < -0.39 is 6.10 Å². The van der Waals surface area contributed by atoms with E-state index in [2.05, 4.69) is 6.92 Å². The highest BCUT2D eigenvalue weighted by Crippen LogP contribution is 2.06. The van der Waals surface area contributed by atoms with Crippen LogP contribution in [0.1, 0.15) is 32.6 Å². The molecule has 0 aromatic rings. The van der Waals surface area contributed by atoms with E-state index >= 15 is 0 Å². The highest BCUT2D eigenvalue weighted by Gasteiger charge is 2.13. The minimum Gasteiger partial charge on any atom is -0.396 e. The predicted molar refractivity (Wildman–Crippen MR) is 54.1 cm³/mol. The Morgan fingerprint density at radius 3 is 2.50 bits per heavy atom. The molecule has 14 heavy (non-hydrogen) atoms. The van der Waals surface area contributed by atoms with Crippen LogP contribution in [0.15, 0.2) is 0 Å². The zero-order valence-electron chi connectivity index (χ0n) is 8.85. The molecule has 0 heterocycles. The van der Waals surface area contributed by atoms with Gasteiger partial charge in [0.2, 0.25) is 0 Å². The standard InChI is InChI=1S/C10H22O4/c1-2-3-6-14-10(8-12)7-9(13)4-5-11/h9-13H,2-8H2,1H3. The molecule has 4 nitrogen and oxygen atoms in total. The minimum atomic E-state index is -0.584. The van der Waals surface area contributed by atoms with Crippen LogP contribution in [0.2, 0.25) is 0 Å². The number of hydrogen-bond donors (Lipinski definition) is 3. The van der Waals surface area contributed by atoms with Crippen LogP contribution in [0.25, 0.3) is 0 Å². The van der Waals surface area contributed by atoms with Crippen LogP contribution < -0.4 is 0 Å². The summed E-state index contributed by atoms with van der Waals surface area (Å²) < 4.78 is 5.36. The average molecular weight is 206 g/mol. The van der Waals surface area contributed by atoms with E-state index in [9.17, 15) is 5.11 Å². The van der Waals surface area contributed by atoms with Gasteiger partial charge in [-0.25, -0.2) is 0 Å². The molecule has 0 aromatic heterocycles. The molecule has 0 rings (SSSR count). The molecule has 0 spiro atoms. The van der Waals surface area contributed by atoms with E-state index in [4.69, 9.17) is 14.9 Å². The molecule has 0 fully saturated rings. The predicted octanol–water partition coefficient (Wildman–Crippen LogP) is 0.297. The van der Waals surface area contributed by atoms with Gasteiger partial charge in [0, 0.05) is 19.6 Å². The maximum atomic E-state index is 9.36. The quantitative estimate of drug-likeness (QED) is 0.474. The van der Waals surface area contributed by atoms with Crippen LogP contribution in [0, 0.1) is 0 Å². The molecule has 0 saturated heterocycles. The zero-order chi connectivity index (χ0) is 10.8. The van der Waals surface area contributed by atoms with Crippen molar-refractivity contribution in [2.45, 2.75) is 44.8 Å². The first kappa shape index (κ1) is 13.8. The molecule has 3 N–H and O–H groups in total. The molecule has 0 aliphatic heterocycles. The minimum absolute atomic E-state index is 0.0335. The number of ether oxygens (including phenoxy) is 1. The van der Waals surface area contributed by atoms with Crippen molar-refractivity contribution in [3.05, 3.63) is 0 Å². The maximum Gasteiger partial charge on any atom is 0.0830 e. The first-order chi connectivity index (χ1) is 6.74. The monoisotopic (exact) mass is 206 g/mol. The third kappa shape index (κ3) is 7.26. The van der Waals surface area contributed by atoms with Gasteiger partial charge in [0.1, 0.15) is 0 Å². The molecule has 0 aliphatic rings. The van der Waals surface area contributed by atoms with Gasteiger partial charge in [-0.05, 0) is 12.8 Å². The van der Waals surface area contributed by atoms with Crippen molar-refractivity contribution in [2.24, 2.45) is 0 Å². The Hall–Kier alpha value is -0.160. The summed E-state index contributed by atoms with van der Waals surface area (Å²) in [5.41, 5.74) is 0. The summed E-state index contributed by atoms with van der Waals surface area (Å²) in [6.07, 6.45) is 1.86. The fraction of sp³-hybridized carbons (Fsp3) is 1.00. The van der Waals surface area contributed by atoms with Crippen LogP contribution in [-0.2, 0) is 4.74 Å². The molecule has 0 bridgehead atoms. The van der Waals surface area contributed by atoms with Crippen molar-refractivity contribution in [2.75, 3.05) is 19.8 Å². The van der Waals surface area contributed by atoms with E-state index in [0.717, 1.165) is 12.8 Å². The second kappa shape index (κ2) is 9.40. The summed E-state index contributed by atoms with van der Waals surface area (Å²) >= 11 is 0. The fourth-order valence-electron chi connectivity index (χ4n) is 1.16. The Morgan fingerprint density at radius 2 is 2.00 bits per heavy atom. The fourth-order valence-corrected chi connectivity index (χ4v) is 1.16. The molecule has 0 aliphatic carbocycles. The van der Waals surface area contributed by atoms with Gasteiger partial charge in [0.15, 0.2) is 0 Å². The van der Waals surface area contributed by atoms with Gasteiger partial charge in [-0.1, -0.05) is 13.3 Å². The molecular weight excluding hydrogens is 184 g/mol. The zero-order valence-corrected chi connectivity index (χ0v) is 8.85. The molecule has 2 unspecified atom stereocenters. The van der Waals surface area contributed by atoms with Crippen molar-refractivity contribution in [1.82, 2.24) is 0 Å². The number of aliphatic hydroxyl groups is 3. The Morgan fingerprint density at radius 1 is 1.29 bits per heavy atom. The molecule has 2 atom stereocenters. The summed E-state index contributed by atoms with van der Waals surface area (Å²) in [5, 5.41) is 26.9.